The Morgan fingerprint density at radius 1 is 0.800 bits per heavy atom. The molecule has 9 heteroatoms. The van der Waals surface area contributed by atoms with Crippen LogP contribution >= 0.6 is 0 Å². The van der Waals surface area contributed by atoms with Crippen LogP contribution in [0.2, 0.25) is 18.1 Å². The molecule has 5 rings (SSSR count). The van der Waals surface area contributed by atoms with Crippen molar-refractivity contribution < 1.29 is 22.7 Å². The number of pyridine rings is 1. The lowest BCUT2D eigenvalue weighted by atomic mass is 10.0. The van der Waals surface area contributed by atoms with E-state index < -0.39 is 20.8 Å². The number of hydrogen-bond donors (Lipinski definition) is 2. The Morgan fingerprint density at radius 3 is 2.12 bits per heavy atom. The highest BCUT2D eigenvalue weighted by Gasteiger charge is 2.40. The molecule has 0 fully saturated rings. The summed E-state index contributed by atoms with van der Waals surface area (Å²) in [5, 5.41) is 4.48. The van der Waals surface area contributed by atoms with E-state index in [4.69, 9.17) is 13.9 Å². The third-order valence-electron chi connectivity index (χ3n) is 9.45. The molecule has 50 heavy (non-hydrogen) atoms. The van der Waals surface area contributed by atoms with Gasteiger partial charge >= 0.3 is 5.92 Å². The lowest BCUT2D eigenvalue weighted by Crippen LogP contribution is -2.44. The van der Waals surface area contributed by atoms with E-state index in [1.807, 2.05) is 54.6 Å². The Morgan fingerprint density at radius 2 is 1.46 bits per heavy atom. The van der Waals surface area contributed by atoms with Crippen molar-refractivity contribution in [2.75, 3.05) is 13.2 Å². The highest BCUT2D eigenvalue weighted by atomic mass is 28.4. The van der Waals surface area contributed by atoms with E-state index >= 15 is 0 Å². The SMILES string of the molecule is C[C@H](Cc1ccc(C(F)(F)COc2ccccc2)cc1)NC[C@H](O[Si](C)(C)C(C)(C)C)c1ccc(OCc2ccccc2)c2[nH]c(=O)ccc12. The number of benzene rings is 4. The minimum atomic E-state index is -3.12. The molecule has 1 heterocycles. The second-order valence-electron chi connectivity index (χ2n) is 14.4. The van der Waals surface area contributed by atoms with Gasteiger partial charge in [-0.05, 0) is 72.4 Å². The zero-order valence-electron chi connectivity index (χ0n) is 29.8. The minimum absolute atomic E-state index is 0.0211. The van der Waals surface area contributed by atoms with Crippen molar-refractivity contribution in [2.24, 2.45) is 0 Å². The number of para-hydroxylation sites is 1. The van der Waals surface area contributed by atoms with E-state index in [1.165, 1.54) is 18.2 Å². The van der Waals surface area contributed by atoms with Crippen LogP contribution in [0.4, 0.5) is 8.78 Å². The summed E-state index contributed by atoms with van der Waals surface area (Å²) in [6.07, 6.45) is 0.320. The molecule has 2 atom stereocenters. The Kier molecular flexibility index (Phi) is 11.6. The zero-order valence-corrected chi connectivity index (χ0v) is 30.8. The van der Waals surface area contributed by atoms with Crippen molar-refractivity contribution in [3.8, 4) is 11.5 Å². The van der Waals surface area contributed by atoms with Crippen LogP contribution in [-0.4, -0.2) is 32.5 Å². The molecule has 0 aliphatic heterocycles. The van der Waals surface area contributed by atoms with Gasteiger partial charge in [0.25, 0.3) is 0 Å². The molecule has 4 aromatic carbocycles. The van der Waals surface area contributed by atoms with E-state index in [0.717, 1.165) is 22.1 Å². The van der Waals surface area contributed by atoms with Crippen molar-refractivity contribution >= 4 is 19.2 Å². The largest absolute Gasteiger partial charge is 0.487 e. The minimum Gasteiger partial charge on any atom is -0.487 e. The van der Waals surface area contributed by atoms with Crippen LogP contribution in [0, 0.1) is 0 Å². The van der Waals surface area contributed by atoms with Crippen molar-refractivity contribution in [2.45, 2.75) is 76.9 Å². The van der Waals surface area contributed by atoms with Gasteiger partial charge in [-0.2, -0.15) is 8.78 Å². The molecule has 0 amide bonds. The number of ether oxygens (including phenoxy) is 2. The van der Waals surface area contributed by atoms with Gasteiger partial charge in [0.15, 0.2) is 14.9 Å². The fraction of sp³-hybridized carbons (Fsp3) is 0.341. The molecule has 0 aliphatic rings. The van der Waals surface area contributed by atoms with Gasteiger partial charge in [0.05, 0.1) is 11.6 Å². The van der Waals surface area contributed by atoms with Crippen LogP contribution in [0.1, 0.15) is 56.1 Å². The van der Waals surface area contributed by atoms with E-state index in [2.05, 4.69) is 51.1 Å². The first-order chi connectivity index (χ1) is 23.7. The van der Waals surface area contributed by atoms with Gasteiger partial charge < -0.3 is 24.2 Å². The number of H-pyrrole nitrogens is 1. The smallest absolute Gasteiger partial charge is 0.306 e. The predicted octanol–water partition coefficient (Wildman–Crippen LogP) is 9.56. The summed E-state index contributed by atoms with van der Waals surface area (Å²) in [5.74, 6) is -2.12. The van der Waals surface area contributed by atoms with Crippen molar-refractivity contribution in [3.63, 3.8) is 0 Å². The number of aromatic nitrogens is 1. The second-order valence-corrected chi connectivity index (χ2v) is 19.2. The maximum atomic E-state index is 14.9. The first-order valence-electron chi connectivity index (χ1n) is 17.1. The van der Waals surface area contributed by atoms with Gasteiger partial charge in [-0.1, -0.05) is 99.6 Å². The van der Waals surface area contributed by atoms with Gasteiger partial charge in [0.2, 0.25) is 5.56 Å². The molecule has 0 bridgehead atoms. The van der Waals surface area contributed by atoms with E-state index in [-0.39, 0.29) is 28.3 Å². The quantitative estimate of drug-likeness (QED) is 0.107. The maximum absolute atomic E-state index is 14.9. The van der Waals surface area contributed by atoms with Crippen molar-refractivity contribution in [3.05, 3.63) is 142 Å². The molecule has 0 saturated carbocycles. The predicted molar refractivity (Wildman–Crippen MR) is 200 cm³/mol. The van der Waals surface area contributed by atoms with Gasteiger partial charge in [-0.15, -0.1) is 0 Å². The summed E-state index contributed by atoms with van der Waals surface area (Å²) < 4.78 is 48.5. The summed E-state index contributed by atoms with van der Waals surface area (Å²) in [7, 11) is -2.25. The molecular weight excluding hydrogens is 651 g/mol. The molecule has 1 aromatic heterocycles. The van der Waals surface area contributed by atoms with E-state index in [9.17, 15) is 13.6 Å². The zero-order chi connectivity index (χ0) is 35.9. The molecule has 2 N–H and O–H groups in total. The lowest BCUT2D eigenvalue weighted by Gasteiger charge is -2.40. The van der Waals surface area contributed by atoms with Gasteiger partial charge in [0.1, 0.15) is 18.1 Å². The third-order valence-corrected chi connectivity index (χ3v) is 13.9. The molecule has 0 radical (unpaired) electrons. The molecule has 264 valence electrons. The third kappa shape index (κ3) is 9.47. The molecule has 0 saturated heterocycles. The van der Waals surface area contributed by atoms with Gasteiger partial charge in [-0.25, -0.2) is 0 Å². The number of rotatable bonds is 15. The van der Waals surface area contributed by atoms with E-state index in [0.29, 0.717) is 36.6 Å². The fourth-order valence-electron chi connectivity index (χ4n) is 5.52. The summed E-state index contributed by atoms with van der Waals surface area (Å²) >= 11 is 0. The van der Waals surface area contributed by atoms with Crippen LogP contribution < -0.4 is 20.3 Å². The molecule has 6 nitrogen and oxygen atoms in total. The number of alkyl halides is 2. The monoisotopic (exact) mass is 698 g/mol. The first kappa shape index (κ1) is 37.0. The van der Waals surface area contributed by atoms with Crippen LogP contribution in [0.15, 0.2) is 114 Å². The van der Waals surface area contributed by atoms with Gasteiger partial charge in [0, 0.05) is 29.6 Å². The maximum Gasteiger partial charge on any atom is 0.306 e. The summed E-state index contributed by atoms with van der Waals surface area (Å²) in [5.41, 5.74) is 3.27. The molecule has 0 unspecified atom stereocenters. The Bertz CT molecular complexity index is 1890. The van der Waals surface area contributed by atoms with Crippen LogP contribution in [0.25, 0.3) is 10.9 Å². The summed E-state index contributed by atoms with van der Waals surface area (Å²) in [4.78, 5) is 15.5. The highest BCUT2D eigenvalue weighted by molar-refractivity contribution is 6.74. The Labute approximate surface area is 295 Å². The molecule has 0 aliphatic carbocycles. The number of nitrogens with one attached hydrogen (secondary N) is 2. The average molecular weight is 699 g/mol. The molecule has 5 aromatic rings. The molecular formula is C41H48F2N2O4Si. The van der Waals surface area contributed by atoms with E-state index in [1.54, 1.807) is 36.4 Å². The standard InChI is InChI=1S/C41H48F2N2O4Si/c1-29(25-30-17-19-32(20-18-30)41(42,43)28-48-33-15-11-8-12-16-33)44-26-37(49-50(5,6)40(2,3)4)34-21-23-36(39-35(34)22-24-38(46)45-39)47-27-31-13-9-7-10-14-31/h7-24,29,37,44H,25-28H2,1-6H3,(H,45,46)/t29-,37+/m1/s1. The highest BCUT2D eigenvalue weighted by Crippen LogP contribution is 2.41. The number of fused-ring (bicyclic) bond motifs is 1. The fourth-order valence-corrected chi connectivity index (χ4v) is 6.80. The number of hydrogen-bond acceptors (Lipinski definition) is 5. The summed E-state index contributed by atoms with van der Waals surface area (Å²) in [6.45, 7) is 13.3. The van der Waals surface area contributed by atoms with Crippen LogP contribution in [0.3, 0.4) is 0 Å². The first-order valence-corrected chi connectivity index (χ1v) is 20.0. The number of halogens is 2. The van der Waals surface area contributed by atoms with Gasteiger partial charge in [-0.3, -0.25) is 4.79 Å². The van der Waals surface area contributed by atoms with Crippen molar-refractivity contribution in [1.29, 1.82) is 0 Å². The normalized spacial score (nSPS) is 13.6. The average Bonchev–Trinajstić information content (AvgIpc) is 3.09. The Hall–Kier alpha value is -4.31. The second kappa shape index (κ2) is 15.7. The van der Waals surface area contributed by atoms with Crippen molar-refractivity contribution in [1.82, 2.24) is 10.3 Å². The Balaban J connectivity index is 1.32. The van der Waals surface area contributed by atoms with Crippen LogP contribution in [-0.2, 0) is 23.4 Å². The number of aromatic amines is 1. The topological polar surface area (TPSA) is 72.6 Å². The summed E-state index contributed by atoms with van der Waals surface area (Å²) in [6, 6.07) is 32.3. The lowest BCUT2D eigenvalue weighted by molar-refractivity contribution is -0.0467. The van der Waals surface area contributed by atoms with Crippen LogP contribution in [0.5, 0.6) is 11.5 Å². The molecule has 0 spiro atoms.